The second kappa shape index (κ2) is 7.50. The van der Waals surface area contributed by atoms with Gasteiger partial charge in [-0.3, -0.25) is 4.79 Å². The summed E-state index contributed by atoms with van der Waals surface area (Å²) in [4.78, 5) is 11.5. The minimum Gasteiger partial charge on any atom is -0.324 e. The number of rotatable bonds is 6. The van der Waals surface area contributed by atoms with Crippen molar-refractivity contribution < 1.29 is 13.2 Å². The molecule has 0 bridgehead atoms. The van der Waals surface area contributed by atoms with Crippen LogP contribution in [0.3, 0.4) is 0 Å². The smallest absolute Gasteiger partial charge is 0.261 e. The van der Waals surface area contributed by atoms with Crippen LogP contribution < -0.4 is 5.32 Å². The summed E-state index contributed by atoms with van der Waals surface area (Å²) in [7, 11) is 1.29. The first-order valence-corrected chi connectivity index (χ1v) is 9.05. The molecule has 112 valence electrons. The fraction of sp³-hybridized carbons (Fsp3) is 0.417. The highest BCUT2D eigenvalue weighted by Gasteiger charge is 2.17. The number of hydrogen-bond donors (Lipinski definition) is 1. The summed E-state index contributed by atoms with van der Waals surface area (Å²) in [6, 6.07) is 2.30. The van der Waals surface area contributed by atoms with Crippen molar-refractivity contribution in [1.29, 1.82) is 0 Å². The second-order valence-electron chi connectivity index (χ2n) is 4.21. The Morgan fingerprint density at radius 1 is 1.20 bits per heavy atom. The Labute approximate surface area is 132 Å². The molecular formula is C12H14Cl3NO3S. The molecule has 0 heterocycles. The van der Waals surface area contributed by atoms with E-state index in [1.54, 1.807) is 0 Å². The molecule has 0 unspecified atom stereocenters. The topological polar surface area (TPSA) is 63.2 Å². The Balaban J connectivity index is 2.90. The minimum absolute atomic E-state index is 0.0283. The van der Waals surface area contributed by atoms with E-state index in [0.717, 1.165) is 31.4 Å². The van der Waals surface area contributed by atoms with Gasteiger partial charge in [0.25, 0.3) is 9.05 Å². The van der Waals surface area contributed by atoms with Crippen molar-refractivity contribution in [3.05, 3.63) is 22.2 Å². The van der Waals surface area contributed by atoms with Gasteiger partial charge in [0.1, 0.15) is 0 Å². The summed E-state index contributed by atoms with van der Waals surface area (Å²) < 4.78 is 22.4. The first kappa shape index (κ1) is 17.6. The van der Waals surface area contributed by atoms with E-state index < -0.39 is 9.05 Å². The molecule has 0 saturated heterocycles. The highest BCUT2D eigenvalue weighted by Crippen LogP contribution is 2.34. The van der Waals surface area contributed by atoms with Crippen LogP contribution in [-0.2, 0) is 13.8 Å². The molecule has 4 nitrogen and oxygen atoms in total. The van der Waals surface area contributed by atoms with E-state index in [1.807, 2.05) is 6.92 Å². The average Bonchev–Trinajstić information content (AvgIpc) is 2.32. The fourth-order valence-corrected chi connectivity index (χ4v) is 3.04. The molecule has 0 atom stereocenters. The normalized spacial score (nSPS) is 11.4. The van der Waals surface area contributed by atoms with Crippen molar-refractivity contribution >= 4 is 54.5 Å². The lowest BCUT2D eigenvalue weighted by molar-refractivity contribution is -0.116. The third-order valence-corrected chi connectivity index (χ3v) is 4.50. The number of carbonyl (C=O) groups excluding carboxylic acids is 1. The van der Waals surface area contributed by atoms with Crippen LogP contribution in [0.25, 0.3) is 0 Å². The van der Waals surface area contributed by atoms with Crippen molar-refractivity contribution in [3.8, 4) is 0 Å². The third-order valence-electron chi connectivity index (χ3n) is 2.57. The monoisotopic (exact) mass is 357 g/mol. The number of nitrogens with one attached hydrogen (secondary N) is 1. The molecule has 20 heavy (non-hydrogen) atoms. The van der Waals surface area contributed by atoms with Gasteiger partial charge in [0.05, 0.1) is 20.6 Å². The summed E-state index contributed by atoms with van der Waals surface area (Å²) in [6.07, 6.45) is 3.09. The van der Waals surface area contributed by atoms with Crippen molar-refractivity contribution in [2.45, 2.75) is 37.5 Å². The highest BCUT2D eigenvalue weighted by molar-refractivity contribution is 8.13. The van der Waals surface area contributed by atoms with Crippen LogP contribution in [-0.4, -0.2) is 14.3 Å². The van der Waals surface area contributed by atoms with Gasteiger partial charge in [-0.25, -0.2) is 8.42 Å². The average molecular weight is 359 g/mol. The SMILES string of the molecule is CCCCCC(=O)Nc1c(Cl)cc(S(=O)(=O)Cl)cc1Cl. The Kier molecular flexibility index (Phi) is 6.58. The largest absolute Gasteiger partial charge is 0.324 e. The van der Waals surface area contributed by atoms with Crippen LogP contribution in [0.4, 0.5) is 5.69 Å². The molecule has 0 spiro atoms. The molecule has 0 aliphatic carbocycles. The number of halogens is 3. The summed E-state index contributed by atoms with van der Waals surface area (Å²) in [5, 5.41) is 2.63. The lowest BCUT2D eigenvalue weighted by Gasteiger charge is -2.10. The van der Waals surface area contributed by atoms with Crippen LogP contribution in [0, 0.1) is 0 Å². The zero-order chi connectivity index (χ0) is 15.3. The molecule has 1 N–H and O–H groups in total. The summed E-state index contributed by atoms with van der Waals surface area (Å²) in [5.74, 6) is -0.219. The van der Waals surface area contributed by atoms with Gasteiger partial charge in [0, 0.05) is 17.1 Å². The highest BCUT2D eigenvalue weighted by atomic mass is 35.7. The van der Waals surface area contributed by atoms with E-state index in [-0.39, 0.29) is 26.5 Å². The molecular weight excluding hydrogens is 345 g/mol. The van der Waals surface area contributed by atoms with Crippen LogP contribution in [0.2, 0.25) is 10.0 Å². The molecule has 8 heteroatoms. The van der Waals surface area contributed by atoms with Crippen LogP contribution in [0.15, 0.2) is 17.0 Å². The number of anilines is 1. The molecule has 0 radical (unpaired) electrons. The predicted molar refractivity (Wildman–Crippen MR) is 82.3 cm³/mol. The lowest BCUT2D eigenvalue weighted by atomic mass is 10.2. The van der Waals surface area contributed by atoms with E-state index >= 15 is 0 Å². The lowest BCUT2D eigenvalue weighted by Crippen LogP contribution is -2.12. The number of benzene rings is 1. The molecule has 0 aliphatic heterocycles. The van der Waals surface area contributed by atoms with Gasteiger partial charge in [-0.1, -0.05) is 43.0 Å². The molecule has 1 aromatic rings. The van der Waals surface area contributed by atoms with Crippen LogP contribution in [0.5, 0.6) is 0 Å². The Morgan fingerprint density at radius 3 is 2.20 bits per heavy atom. The predicted octanol–water partition coefficient (Wildman–Crippen LogP) is 4.44. The first-order chi connectivity index (χ1) is 9.25. The van der Waals surface area contributed by atoms with Gasteiger partial charge in [0.15, 0.2) is 0 Å². The molecule has 1 aromatic carbocycles. The molecule has 0 saturated carbocycles. The molecule has 1 amide bonds. The Morgan fingerprint density at radius 2 is 1.75 bits per heavy atom. The molecule has 0 fully saturated rings. The van der Waals surface area contributed by atoms with Gasteiger partial charge in [-0.2, -0.15) is 0 Å². The van der Waals surface area contributed by atoms with Gasteiger partial charge >= 0.3 is 0 Å². The van der Waals surface area contributed by atoms with E-state index in [9.17, 15) is 13.2 Å². The quantitative estimate of drug-likeness (QED) is 0.604. The number of unbranched alkanes of at least 4 members (excludes halogenated alkanes) is 2. The van der Waals surface area contributed by atoms with Crippen LogP contribution in [0.1, 0.15) is 32.6 Å². The molecule has 0 aromatic heterocycles. The summed E-state index contributed by atoms with van der Waals surface area (Å²) >= 11 is 11.8. The molecule has 0 aliphatic rings. The maximum atomic E-state index is 11.7. The van der Waals surface area contributed by atoms with Crippen LogP contribution >= 0.6 is 33.9 Å². The van der Waals surface area contributed by atoms with Gasteiger partial charge in [0.2, 0.25) is 5.91 Å². The number of carbonyl (C=O) groups is 1. The summed E-state index contributed by atoms with van der Waals surface area (Å²) in [6.45, 7) is 2.04. The minimum atomic E-state index is -3.92. The standard InChI is InChI=1S/C12H14Cl3NO3S/c1-2-3-4-5-11(17)16-12-9(13)6-8(7-10(12)14)20(15,18)19/h6-7H,2-5H2,1H3,(H,16,17). The van der Waals surface area contributed by atoms with E-state index in [1.165, 1.54) is 0 Å². The van der Waals surface area contributed by atoms with Crippen molar-refractivity contribution in [2.75, 3.05) is 5.32 Å². The Hall–Kier alpha value is -0.490. The van der Waals surface area contributed by atoms with Crippen molar-refractivity contribution in [1.82, 2.24) is 0 Å². The molecule has 1 rings (SSSR count). The maximum absolute atomic E-state index is 11.7. The van der Waals surface area contributed by atoms with Crippen molar-refractivity contribution in [3.63, 3.8) is 0 Å². The van der Waals surface area contributed by atoms with E-state index in [4.69, 9.17) is 33.9 Å². The third kappa shape index (κ3) is 5.13. The zero-order valence-electron chi connectivity index (χ0n) is 10.8. The summed E-state index contributed by atoms with van der Waals surface area (Å²) in [5.41, 5.74) is 0.193. The zero-order valence-corrected chi connectivity index (χ0v) is 13.8. The van der Waals surface area contributed by atoms with E-state index in [0.29, 0.717) is 6.42 Å². The Bertz CT molecular complexity index is 579. The number of amides is 1. The van der Waals surface area contributed by atoms with Gasteiger partial charge < -0.3 is 5.32 Å². The fourth-order valence-electron chi connectivity index (χ4n) is 1.55. The van der Waals surface area contributed by atoms with Gasteiger partial charge in [-0.05, 0) is 18.6 Å². The second-order valence-corrected chi connectivity index (χ2v) is 7.59. The number of hydrogen-bond acceptors (Lipinski definition) is 3. The maximum Gasteiger partial charge on any atom is 0.261 e. The van der Waals surface area contributed by atoms with E-state index in [2.05, 4.69) is 5.32 Å². The van der Waals surface area contributed by atoms with Crippen molar-refractivity contribution in [2.24, 2.45) is 0 Å². The first-order valence-electron chi connectivity index (χ1n) is 5.99. The van der Waals surface area contributed by atoms with Gasteiger partial charge in [-0.15, -0.1) is 0 Å².